The molecule has 0 saturated heterocycles. The normalized spacial score (nSPS) is 10.2. The predicted octanol–water partition coefficient (Wildman–Crippen LogP) is 2.85. The predicted molar refractivity (Wildman–Crippen MR) is 55.9 cm³/mol. The van der Waals surface area contributed by atoms with Gasteiger partial charge in [0, 0.05) is 6.07 Å². The van der Waals surface area contributed by atoms with E-state index < -0.39 is 17.6 Å². The number of esters is 1. The summed E-state index contributed by atoms with van der Waals surface area (Å²) in [6.45, 7) is 2.33. The third-order valence-electron chi connectivity index (χ3n) is 2.11. The molecule has 0 aliphatic heterocycles. The van der Waals surface area contributed by atoms with Gasteiger partial charge < -0.3 is 4.74 Å². The molecule has 0 N–H and O–H groups in total. The minimum atomic E-state index is -0.715. The molecule has 0 atom stereocenters. The largest absolute Gasteiger partial charge is 0.465 e. The van der Waals surface area contributed by atoms with E-state index >= 15 is 0 Å². The van der Waals surface area contributed by atoms with Crippen molar-refractivity contribution in [3.05, 3.63) is 35.4 Å². The van der Waals surface area contributed by atoms with Crippen molar-refractivity contribution in [1.82, 2.24) is 0 Å². The first-order valence-corrected chi connectivity index (χ1v) is 5.23. The lowest BCUT2D eigenvalue weighted by atomic mass is 10.1. The van der Waals surface area contributed by atoms with E-state index in [1.807, 2.05) is 6.92 Å². The van der Waals surface area contributed by atoms with Gasteiger partial charge in [-0.05, 0) is 18.1 Å². The van der Waals surface area contributed by atoms with Crippen LogP contribution in [0.4, 0.5) is 8.78 Å². The van der Waals surface area contributed by atoms with Crippen LogP contribution >= 0.6 is 0 Å². The van der Waals surface area contributed by atoms with Gasteiger partial charge in [-0.25, -0.2) is 8.78 Å². The van der Waals surface area contributed by atoms with E-state index in [0.29, 0.717) is 6.61 Å². The molecule has 16 heavy (non-hydrogen) atoms. The van der Waals surface area contributed by atoms with Crippen molar-refractivity contribution in [1.29, 1.82) is 0 Å². The molecule has 0 bridgehead atoms. The average Bonchev–Trinajstić information content (AvgIpc) is 2.23. The molecule has 1 rings (SSSR count). The van der Waals surface area contributed by atoms with E-state index in [-0.39, 0.29) is 12.0 Å². The molecule has 0 heterocycles. The van der Waals surface area contributed by atoms with E-state index in [9.17, 15) is 13.6 Å². The molecule has 0 aliphatic rings. The molecule has 1 aromatic rings. The second kappa shape index (κ2) is 6.20. The van der Waals surface area contributed by atoms with Crippen molar-refractivity contribution in [2.24, 2.45) is 0 Å². The number of rotatable bonds is 5. The van der Waals surface area contributed by atoms with Crippen molar-refractivity contribution in [3.63, 3.8) is 0 Å². The van der Waals surface area contributed by atoms with Crippen LogP contribution < -0.4 is 0 Å². The van der Waals surface area contributed by atoms with Gasteiger partial charge in [0.15, 0.2) is 0 Å². The number of carbonyl (C=O) groups is 1. The Balaban J connectivity index is 2.49. The highest BCUT2D eigenvalue weighted by molar-refractivity contribution is 5.72. The summed E-state index contributed by atoms with van der Waals surface area (Å²) in [5.74, 6) is -1.85. The zero-order valence-corrected chi connectivity index (χ0v) is 9.13. The highest BCUT2D eigenvalue weighted by Crippen LogP contribution is 2.10. The smallest absolute Gasteiger partial charge is 0.310 e. The highest BCUT2D eigenvalue weighted by atomic mass is 19.1. The maximum absolute atomic E-state index is 13.2. The van der Waals surface area contributed by atoms with Crippen molar-refractivity contribution >= 4 is 5.97 Å². The molecule has 88 valence electrons. The number of hydrogen-bond donors (Lipinski definition) is 0. The van der Waals surface area contributed by atoms with Gasteiger partial charge in [0.05, 0.1) is 13.0 Å². The minimum absolute atomic E-state index is 0.155. The van der Waals surface area contributed by atoms with E-state index in [1.165, 1.54) is 6.07 Å². The van der Waals surface area contributed by atoms with Gasteiger partial charge >= 0.3 is 5.97 Å². The topological polar surface area (TPSA) is 26.3 Å². The number of ether oxygens (including phenoxy) is 1. The molecule has 0 saturated carbocycles. The van der Waals surface area contributed by atoms with E-state index in [0.717, 1.165) is 25.0 Å². The molecule has 2 nitrogen and oxygen atoms in total. The van der Waals surface area contributed by atoms with E-state index in [4.69, 9.17) is 4.74 Å². The van der Waals surface area contributed by atoms with E-state index in [2.05, 4.69) is 0 Å². The van der Waals surface area contributed by atoms with Crippen molar-refractivity contribution in [2.45, 2.75) is 26.2 Å². The van der Waals surface area contributed by atoms with Gasteiger partial charge in [-0.3, -0.25) is 4.79 Å². The highest BCUT2D eigenvalue weighted by Gasteiger charge is 2.09. The molecule has 0 amide bonds. The van der Waals surface area contributed by atoms with Crippen LogP contribution in [0.1, 0.15) is 25.3 Å². The quantitative estimate of drug-likeness (QED) is 0.572. The Bertz CT molecular complexity index is 364. The van der Waals surface area contributed by atoms with Crippen LogP contribution in [0, 0.1) is 11.6 Å². The number of hydrogen-bond acceptors (Lipinski definition) is 2. The molecule has 0 unspecified atom stereocenters. The second-order valence-electron chi connectivity index (χ2n) is 3.49. The molecule has 0 aromatic heterocycles. The first-order chi connectivity index (χ1) is 7.63. The number of carbonyl (C=O) groups excluding carboxylic acids is 1. The molecule has 0 aliphatic carbocycles. The first-order valence-electron chi connectivity index (χ1n) is 5.23. The van der Waals surface area contributed by atoms with E-state index in [1.54, 1.807) is 0 Å². The Morgan fingerprint density at radius 1 is 1.38 bits per heavy atom. The molecular formula is C12H14F2O2. The fourth-order valence-corrected chi connectivity index (χ4v) is 1.20. The van der Waals surface area contributed by atoms with Crippen molar-refractivity contribution in [3.8, 4) is 0 Å². The molecule has 0 radical (unpaired) electrons. The lowest BCUT2D eigenvalue weighted by Crippen LogP contribution is -2.10. The third-order valence-corrected chi connectivity index (χ3v) is 2.11. The molecule has 1 aromatic carbocycles. The summed E-state index contributed by atoms with van der Waals surface area (Å²) in [6, 6.07) is 3.14. The number of benzene rings is 1. The minimum Gasteiger partial charge on any atom is -0.465 e. The lowest BCUT2D eigenvalue weighted by Gasteiger charge is -2.04. The van der Waals surface area contributed by atoms with Crippen LogP contribution in [-0.2, 0) is 16.0 Å². The van der Waals surface area contributed by atoms with Gasteiger partial charge in [0.1, 0.15) is 11.6 Å². The third kappa shape index (κ3) is 3.96. The SMILES string of the molecule is CCCCOC(=O)Cc1ccc(F)cc1F. The van der Waals surface area contributed by atoms with Crippen molar-refractivity contribution < 1.29 is 18.3 Å². The summed E-state index contributed by atoms with van der Waals surface area (Å²) in [4.78, 5) is 11.2. The molecular weight excluding hydrogens is 214 g/mol. The van der Waals surface area contributed by atoms with Crippen LogP contribution in [-0.4, -0.2) is 12.6 Å². The second-order valence-corrected chi connectivity index (χ2v) is 3.49. The van der Waals surface area contributed by atoms with Gasteiger partial charge in [-0.2, -0.15) is 0 Å². The van der Waals surface area contributed by atoms with Crippen LogP contribution in [0.5, 0.6) is 0 Å². The standard InChI is InChI=1S/C12H14F2O2/c1-2-3-6-16-12(15)7-9-4-5-10(13)8-11(9)14/h4-5,8H,2-3,6-7H2,1H3. The van der Waals surface area contributed by atoms with Gasteiger partial charge in [0.2, 0.25) is 0 Å². The fraction of sp³-hybridized carbons (Fsp3) is 0.417. The zero-order valence-electron chi connectivity index (χ0n) is 9.13. The van der Waals surface area contributed by atoms with Crippen LogP contribution in [0.25, 0.3) is 0 Å². The monoisotopic (exact) mass is 228 g/mol. The fourth-order valence-electron chi connectivity index (χ4n) is 1.20. The first kappa shape index (κ1) is 12.6. The van der Waals surface area contributed by atoms with Crippen LogP contribution in [0.3, 0.4) is 0 Å². The van der Waals surface area contributed by atoms with Crippen LogP contribution in [0.15, 0.2) is 18.2 Å². The van der Waals surface area contributed by atoms with Crippen LogP contribution in [0.2, 0.25) is 0 Å². The van der Waals surface area contributed by atoms with Crippen molar-refractivity contribution in [2.75, 3.05) is 6.61 Å². The van der Waals surface area contributed by atoms with Gasteiger partial charge in [-0.15, -0.1) is 0 Å². The Kier molecular flexibility index (Phi) is 4.89. The summed E-state index contributed by atoms with van der Waals surface area (Å²) in [5.41, 5.74) is 0.155. The molecule has 4 heteroatoms. The summed E-state index contributed by atoms with van der Waals surface area (Å²) in [6.07, 6.45) is 1.56. The lowest BCUT2D eigenvalue weighted by molar-refractivity contribution is -0.143. The maximum atomic E-state index is 13.2. The summed E-state index contributed by atoms with van der Waals surface area (Å²) in [5, 5.41) is 0. The number of unbranched alkanes of at least 4 members (excludes halogenated alkanes) is 1. The Hall–Kier alpha value is -1.45. The van der Waals surface area contributed by atoms with Gasteiger partial charge in [-0.1, -0.05) is 19.4 Å². The summed E-state index contributed by atoms with van der Waals surface area (Å²) in [7, 11) is 0. The summed E-state index contributed by atoms with van der Waals surface area (Å²) >= 11 is 0. The number of halogens is 2. The average molecular weight is 228 g/mol. The Morgan fingerprint density at radius 2 is 2.12 bits per heavy atom. The van der Waals surface area contributed by atoms with Gasteiger partial charge in [0.25, 0.3) is 0 Å². The Labute approximate surface area is 93.2 Å². The Morgan fingerprint density at radius 3 is 2.75 bits per heavy atom. The summed E-state index contributed by atoms with van der Waals surface area (Å²) < 4.78 is 30.6. The molecule has 0 fully saturated rings. The maximum Gasteiger partial charge on any atom is 0.310 e. The molecule has 0 spiro atoms. The zero-order chi connectivity index (χ0) is 12.0.